The van der Waals surface area contributed by atoms with Crippen molar-refractivity contribution in [3.05, 3.63) is 23.8 Å². The van der Waals surface area contributed by atoms with Crippen molar-refractivity contribution in [3.8, 4) is 11.5 Å². The van der Waals surface area contributed by atoms with E-state index in [0.29, 0.717) is 37.1 Å². The topological polar surface area (TPSA) is 100 Å². The van der Waals surface area contributed by atoms with E-state index >= 15 is 0 Å². The number of methoxy groups -OCH3 is 2. The Morgan fingerprint density at radius 2 is 1.81 bits per heavy atom. The quantitative estimate of drug-likeness (QED) is 0.275. The molecule has 0 saturated heterocycles. The molecule has 1 aromatic carbocycles. The van der Waals surface area contributed by atoms with Crippen molar-refractivity contribution in [1.29, 1.82) is 0 Å². The zero-order valence-electron chi connectivity index (χ0n) is 20.2. The van der Waals surface area contributed by atoms with Crippen LogP contribution in [-0.4, -0.2) is 49.8 Å². The minimum atomic E-state index is -2.00. The van der Waals surface area contributed by atoms with Gasteiger partial charge in [-0.1, -0.05) is 19.9 Å². The molecule has 0 saturated carbocycles. The molecule has 7 heteroatoms. The number of hydrogen-bond donors (Lipinski definition) is 2. The molecule has 0 aliphatic rings. The summed E-state index contributed by atoms with van der Waals surface area (Å²) in [5.74, 6) is 1.14. The van der Waals surface area contributed by atoms with Crippen molar-refractivity contribution in [2.24, 2.45) is 17.6 Å². The summed E-state index contributed by atoms with van der Waals surface area (Å²) in [4.78, 5) is 12.2. The highest BCUT2D eigenvalue weighted by atomic mass is 16.6. The molecule has 0 amide bonds. The van der Waals surface area contributed by atoms with Crippen LogP contribution in [0, 0.1) is 11.8 Å². The van der Waals surface area contributed by atoms with Crippen LogP contribution in [0.4, 0.5) is 0 Å². The maximum absolute atomic E-state index is 12.2. The van der Waals surface area contributed by atoms with E-state index in [1.165, 1.54) is 0 Å². The predicted molar refractivity (Wildman–Crippen MR) is 121 cm³/mol. The number of aliphatic hydroxyl groups is 1. The molecule has 0 fully saturated rings. The van der Waals surface area contributed by atoms with E-state index in [2.05, 4.69) is 13.8 Å². The summed E-state index contributed by atoms with van der Waals surface area (Å²) >= 11 is 0. The molecule has 1 aromatic rings. The Labute approximate surface area is 187 Å². The van der Waals surface area contributed by atoms with Crippen LogP contribution in [0.15, 0.2) is 18.2 Å². The van der Waals surface area contributed by atoms with Gasteiger partial charge in [-0.25, -0.2) is 4.79 Å². The lowest BCUT2D eigenvalue weighted by Gasteiger charge is -2.29. The molecule has 0 unspecified atom stereocenters. The van der Waals surface area contributed by atoms with Gasteiger partial charge in [-0.2, -0.15) is 0 Å². The van der Waals surface area contributed by atoms with E-state index < -0.39 is 17.3 Å². The molecule has 0 aromatic heterocycles. The summed E-state index contributed by atoms with van der Waals surface area (Å²) in [6.07, 6.45) is 2.26. The van der Waals surface area contributed by atoms with Crippen LogP contribution in [0.5, 0.6) is 11.5 Å². The summed E-state index contributed by atoms with van der Waals surface area (Å²) in [6.45, 7) is 10.7. The molecule has 0 bridgehead atoms. The lowest BCUT2D eigenvalue weighted by atomic mass is 9.84. The minimum absolute atomic E-state index is 0.126. The smallest absolute Gasteiger partial charge is 0.353 e. The molecule has 0 aliphatic carbocycles. The second-order valence-corrected chi connectivity index (χ2v) is 9.35. The van der Waals surface area contributed by atoms with Crippen LogP contribution >= 0.6 is 0 Å². The Hall–Kier alpha value is -1.83. The molecule has 3 N–H and O–H groups in total. The van der Waals surface area contributed by atoms with Gasteiger partial charge in [0.1, 0.15) is 5.60 Å². The SMILES string of the molecule is COCCCOc1cc(C[C@H](CC[C@](N)(O)C(=O)OC(C)(C)C)C(C)C)ccc1OC. The second kappa shape index (κ2) is 12.3. The van der Waals surface area contributed by atoms with E-state index in [9.17, 15) is 9.90 Å². The first-order valence-electron chi connectivity index (χ1n) is 10.9. The zero-order chi connectivity index (χ0) is 23.7. The van der Waals surface area contributed by atoms with Gasteiger partial charge in [-0.3, -0.25) is 5.73 Å². The van der Waals surface area contributed by atoms with Gasteiger partial charge in [0, 0.05) is 26.6 Å². The molecule has 178 valence electrons. The third-order valence-electron chi connectivity index (χ3n) is 5.07. The molecule has 2 atom stereocenters. The van der Waals surface area contributed by atoms with Crippen LogP contribution in [0.3, 0.4) is 0 Å². The van der Waals surface area contributed by atoms with Gasteiger partial charge >= 0.3 is 5.97 Å². The average Bonchev–Trinajstić information content (AvgIpc) is 2.67. The van der Waals surface area contributed by atoms with Crippen molar-refractivity contribution >= 4 is 5.97 Å². The lowest BCUT2D eigenvalue weighted by Crippen LogP contribution is -2.51. The van der Waals surface area contributed by atoms with Crippen molar-refractivity contribution < 1.29 is 28.8 Å². The molecule has 0 heterocycles. The maximum atomic E-state index is 12.2. The Bertz CT molecular complexity index is 681. The van der Waals surface area contributed by atoms with Crippen LogP contribution in [0.25, 0.3) is 0 Å². The fourth-order valence-corrected chi connectivity index (χ4v) is 3.19. The fraction of sp³-hybridized carbons (Fsp3) is 0.708. The Morgan fingerprint density at radius 3 is 2.35 bits per heavy atom. The van der Waals surface area contributed by atoms with E-state index in [-0.39, 0.29) is 12.3 Å². The molecule has 7 nitrogen and oxygen atoms in total. The highest BCUT2D eigenvalue weighted by molar-refractivity contribution is 5.78. The highest BCUT2D eigenvalue weighted by Gasteiger charge is 2.36. The molecule has 0 spiro atoms. The minimum Gasteiger partial charge on any atom is -0.493 e. The van der Waals surface area contributed by atoms with E-state index in [4.69, 9.17) is 24.7 Å². The van der Waals surface area contributed by atoms with Gasteiger partial charge in [-0.05, 0) is 63.1 Å². The van der Waals surface area contributed by atoms with Crippen molar-refractivity contribution in [2.45, 2.75) is 71.6 Å². The number of nitrogens with two attached hydrogens (primary N) is 1. The first-order valence-corrected chi connectivity index (χ1v) is 10.9. The van der Waals surface area contributed by atoms with Gasteiger partial charge in [0.05, 0.1) is 13.7 Å². The number of benzene rings is 1. The van der Waals surface area contributed by atoms with Crippen LogP contribution in [0.2, 0.25) is 0 Å². The normalized spacial score (nSPS) is 14.8. The van der Waals surface area contributed by atoms with Crippen molar-refractivity contribution in [2.75, 3.05) is 27.4 Å². The van der Waals surface area contributed by atoms with Crippen molar-refractivity contribution in [1.82, 2.24) is 0 Å². The Balaban J connectivity index is 2.83. The van der Waals surface area contributed by atoms with Gasteiger partial charge in [0.15, 0.2) is 11.5 Å². The van der Waals surface area contributed by atoms with Gasteiger partial charge in [0.25, 0.3) is 0 Å². The summed E-state index contributed by atoms with van der Waals surface area (Å²) in [5, 5.41) is 10.5. The van der Waals surface area contributed by atoms with Gasteiger partial charge in [0.2, 0.25) is 5.72 Å². The second-order valence-electron chi connectivity index (χ2n) is 9.35. The standard InChI is InChI=1S/C24H41NO6/c1-17(2)19(11-12-24(25,27)22(26)31-23(3,4)5)15-18-9-10-20(29-7)21(16-18)30-14-8-13-28-6/h9-10,16-17,19,27H,8,11-15,25H2,1-7H3/t19-,24-/m0/s1. The van der Waals surface area contributed by atoms with Crippen LogP contribution in [-0.2, 0) is 20.7 Å². The zero-order valence-corrected chi connectivity index (χ0v) is 20.2. The predicted octanol–water partition coefficient (Wildman–Crippen LogP) is 3.69. The average molecular weight is 440 g/mol. The van der Waals surface area contributed by atoms with Crippen LogP contribution in [0.1, 0.15) is 59.4 Å². The molecule has 0 aliphatic heterocycles. The number of ether oxygens (including phenoxy) is 4. The van der Waals surface area contributed by atoms with E-state index in [0.717, 1.165) is 18.4 Å². The van der Waals surface area contributed by atoms with E-state index in [1.54, 1.807) is 35.0 Å². The highest BCUT2D eigenvalue weighted by Crippen LogP contribution is 2.32. The molecular formula is C24H41NO6. The third-order valence-corrected chi connectivity index (χ3v) is 5.07. The first kappa shape index (κ1) is 27.2. The molecular weight excluding hydrogens is 398 g/mol. The fourth-order valence-electron chi connectivity index (χ4n) is 3.19. The Kier molecular flexibility index (Phi) is 10.8. The summed E-state index contributed by atoms with van der Waals surface area (Å²) in [7, 11) is 3.28. The number of carbonyl (C=O) groups excluding carboxylic acids is 1. The summed E-state index contributed by atoms with van der Waals surface area (Å²) in [5.41, 5.74) is 4.27. The largest absolute Gasteiger partial charge is 0.493 e. The monoisotopic (exact) mass is 439 g/mol. The molecule has 0 radical (unpaired) electrons. The maximum Gasteiger partial charge on any atom is 0.353 e. The van der Waals surface area contributed by atoms with Crippen LogP contribution < -0.4 is 15.2 Å². The van der Waals surface area contributed by atoms with Gasteiger partial charge in [-0.15, -0.1) is 0 Å². The van der Waals surface area contributed by atoms with Gasteiger partial charge < -0.3 is 24.1 Å². The molecule has 1 rings (SSSR count). The Morgan fingerprint density at radius 1 is 1.13 bits per heavy atom. The first-order chi connectivity index (χ1) is 14.4. The van der Waals surface area contributed by atoms with Crippen molar-refractivity contribution in [3.63, 3.8) is 0 Å². The van der Waals surface area contributed by atoms with E-state index in [1.807, 2.05) is 18.2 Å². The number of rotatable bonds is 13. The molecule has 31 heavy (non-hydrogen) atoms. The number of esters is 1. The summed E-state index contributed by atoms with van der Waals surface area (Å²) < 4.78 is 21.6. The lowest BCUT2D eigenvalue weighted by molar-refractivity contribution is -0.177. The number of hydrogen-bond acceptors (Lipinski definition) is 7. The number of carbonyl (C=O) groups is 1. The summed E-state index contributed by atoms with van der Waals surface area (Å²) in [6, 6.07) is 5.90. The third kappa shape index (κ3) is 9.89.